The normalized spacial score (nSPS) is 10.3. The third kappa shape index (κ3) is 4.95. The maximum atomic E-state index is 11.8. The van der Waals surface area contributed by atoms with Gasteiger partial charge in [-0.05, 0) is 19.2 Å². The summed E-state index contributed by atoms with van der Waals surface area (Å²) in [5.74, 6) is -0.253. The molecule has 0 spiro atoms. The zero-order valence-corrected chi connectivity index (χ0v) is 11.9. The summed E-state index contributed by atoms with van der Waals surface area (Å²) in [7, 11) is 1.75. The molecule has 0 saturated heterocycles. The van der Waals surface area contributed by atoms with Crippen LogP contribution in [0.5, 0.6) is 0 Å². The maximum Gasteiger partial charge on any atom is 0.238 e. The van der Waals surface area contributed by atoms with Crippen molar-refractivity contribution in [3.05, 3.63) is 22.2 Å². The Morgan fingerprint density at radius 3 is 2.79 bits per heavy atom. The molecule has 0 aliphatic rings. The molecule has 7 heteroatoms. The first-order valence-electron chi connectivity index (χ1n) is 5.54. The number of nitrogens with two attached hydrogens (primary N) is 1. The van der Waals surface area contributed by atoms with Crippen LogP contribution in [0.3, 0.4) is 0 Å². The lowest BCUT2D eigenvalue weighted by molar-refractivity contribution is -0.117. The van der Waals surface area contributed by atoms with E-state index < -0.39 is 0 Å². The standard InChI is InChI=1S/C12H14Cl2N4O/c1-18(4-2-3-15)7-11(19)17-12-9(14)5-8(13)6-10(12)16/h5-6H,2,4,7,16H2,1H3,(H,17,19). The molecule has 0 fully saturated rings. The molecule has 0 bridgehead atoms. The highest BCUT2D eigenvalue weighted by Crippen LogP contribution is 2.31. The molecule has 0 unspecified atom stereocenters. The molecular formula is C12H14Cl2N4O. The molecule has 1 aromatic carbocycles. The van der Waals surface area contributed by atoms with Crippen LogP contribution in [0.25, 0.3) is 0 Å². The summed E-state index contributed by atoms with van der Waals surface area (Å²) in [5.41, 5.74) is 6.40. The molecule has 102 valence electrons. The van der Waals surface area contributed by atoms with Gasteiger partial charge >= 0.3 is 0 Å². The zero-order valence-electron chi connectivity index (χ0n) is 10.4. The number of rotatable bonds is 5. The van der Waals surface area contributed by atoms with Crippen molar-refractivity contribution in [2.45, 2.75) is 6.42 Å². The quantitative estimate of drug-likeness (QED) is 0.818. The maximum absolute atomic E-state index is 11.8. The number of anilines is 2. The number of nitrogens with zero attached hydrogens (tertiary/aromatic N) is 2. The van der Waals surface area contributed by atoms with E-state index in [1.807, 2.05) is 6.07 Å². The van der Waals surface area contributed by atoms with Gasteiger partial charge in [-0.25, -0.2) is 0 Å². The van der Waals surface area contributed by atoms with Gasteiger partial charge in [0.1, 0.15) is 0 Å². The Morgan fingerprint density at radius 1 is 1.53 bits per heavy atom. The van der Waals surface area contributed by atoms with Crippen LogP contribution in [0.1, 0.15) is 6.42 Å². The Kier molecular flexibility index (Phi) is 5.90. The Bertz CT molecular complexity index is 490. The highest BCUT2D eigenvalue weighted by atomic mass is 35.5. The van der Waals surface area contributed by atoms with E-state index in [1.54, 1.807) is 11.9 Å². The van der Waals surface area contributed by atoms with E-state index in [2.05, 4.69) is 5.32 Å². The van der Waals surface area contributed by atoms with Crippen molar-refractivity contribution in [1.82, 2.24) is 4.90 Å². The van der Waals surface area contributed by atoms with Gasteiger partial charge < -0.3 is 11.1 Å². The minimum absolute atomic E-state index is 0.153. The molecule has 0 aliphatic carbocycles. The van der Waals surface area contributed by atoms with Crippen LogP contribution in [0.2, 0.25) is 10.0 Å². The van der Waals surface area contributed by atoms with E-state index in [-0.39, 0.29) is 17.5 Å². The molecule has 19 heavy (non-hydrogen) atoms. The first-order chi connectivity index (χ1) is 8.93. The van der Waals surface area contributed by atoms with Gasteiger partial charge in [-0.3, -0.25) is 9.69 Å². The fourth-order valence-corrected chi connectivity index (χ4v) is 2.03. The average molecular weight is 301 g/mol. The molecule has 1 rings (SSSR count). The molecule has 0 aliphatic heterocycles. The summed E-state index contributed by atoms with van der Waals surface area (Å²) in [4.78, 5) is 13.5. The van der Waals surface area contributed by atoms with Gasteiger partial charge in [0.2, 0.25) is 5.91 Å². The minimum Gasteiger partial charge on any atom is -0.397 e. The van der Waals surface area contributed by atoms with Crippen molar-refractivity contribution in [3.8, 4) is 6.07 Å². The van der Waals surface area contributed by atoms with Gasteiger partial charge in [0.25, 0.3) is 0 Å². The Labute approximate surface area is 121 Å². The van der Waals surface area contributed by atoms with Crippen LogP contribution in [0, 0.1) is 11.3 Å². The predicted molar refractivity (Wildman–Crippen MR) is 77.2 cm³/mol. The van der Waals surface area contributed by atoms with E-state index in [9.17, 15) is 4.79 Å². The number of hydrogen-bond donors (Lipinski definition) is 2. The molecule has 0 heterocycles. The second kappa shape index (κ2) is 7.19. The van der Waals surface area contributed by atoms with E-state index in [0.717, 1.165) is 0 Å². The number of hydrogen-bond acceptors (Lipinski definition) is 4. The molecule has 0 atom stereocenters. The van der Waals surface area contributed by atoms with Gasteiger partial charge in [-0.1, -0.05) is 23.2 Å². The molecule has 0 saturated carbocycles. The molecule has 1 amide bonds. The molecule has 0 radical (unpaired) electrons. The van der Waals surface area contributed by atoms with E-state index in [4.69, 9.17) is 34.2 Å². The largest absolute Gasteiger partial charge is 0.397 e. The van der Waals surface area contributed by atoms with Crippen molar-refractivity contribution < 1.29 is 4.79 Å². The number of nitrogen functional groups attached to an aromatic ring is 1. The molecule has 1 aromatic rings. The number of nitrogens with one attached hydrogen (secondary N) is 1. The number of amides is 1. The van der Waals surface area contributed by atoms with Crippen molar-refractivity contribution in [2.24, 2.45) is 0 Å². The number of nitriles is 1. The fourth-order valence-electron chi connectivity index (χ4n) is 1.47. The van der Waals surface area contributed by atoms with Crippen LogP contribution < -0.4 is 11.1 Å². The number of halogens is 2. The number of carbonyl (C=O) groups is 1. The van der Waals surface area contributed by atoms with Crippen molar-refractivity contribution in [3.63, 3.8) is 0 Å². The summed E-state index contributed by atoms with van der Waals surface area (Å²) in [6.07, 6.45) is 0.369. The van der Waals surface area contributed by atoms with E-state index in [0.29, 0.717) is 29.4 Å². The Hall–Kier alpha value is -1.48. The van der Waals surface area contributed by atoms with Gasteiger partial charge in [0, 0.05) is 18.0 Å². The summed E-state index contributed by atoms with van der Waals surface area (Å²) < 4.78 is 0. The summed E-state index contributed by atoms with van der Waals surface area (Å²) in [6.45, 7) is 0.674. The molecule has 5 nitrogen and oxygen atoms in total. The second-order valence-corrected chi connectivity index (χ2v) is 4.89. The fraction of sp³-hybridized carbons (Fsp3) is 0.333. The van der Waals surface area contributed by atoms with E-state index >= 15 is 0 Å². The average Bonchev–Trinajstić information content (AvgIpc) is 2.31. The van der Waals surface area contributed by atoms with Gasteiger partial charge in [0.15, 0.2) is 0 Å². The van der Waals surface area contributed by atoms with Crippen LogP contribution in [-0.4, -0.2) is 30.9 Å². The zero-order chi connectivity index (χ0) is 14.4. The SMILES string of the molecule is CN(CCC#N)CC(=O)Nc1c(N)cc(Cl)cc1Cl. The van der Waals surface area contributed by atoms with Crippen molar-refractivity contribution in [2.75, 3.05) is 31.2 Å². The van der Waals surface area contributed by atoms with Crippen LogP contribution >= 0.6 is 23.2 Å². The Morgan fingerprint density at radius 2 is 2.21 bits per heavy atom. The van der Waals surface area contributed by atoms with Gasteiger partial charge in [0.05, 0.1) is 29.0 Å². The summed E-state index contributed by atoms with van der Waals surface area (Å²) in [5, 5.41) is 11.8. The molecule has 3 N–H and O–H groups in total. The summed E-state index contributed by atoms with van der Waals surface area (Å²) in [6, 6.07) is 5.04. The Balaban J connectivity index is 2.65. The molecule has 0 aromatic heterocycles. The van der Waals surface area contributed by atoms with E-state index in [1.165, 1.54) is 12.1 Å². The summed E-state index contributed by atoms with van der Waals surface area (Å²) >= 11 is 11.7. The van der Waals surface area contributed by atoms with Crippen LogP contribution in [0.4, 0.5) is 11.4 Å². The number of benzene rings is 1. The third-order valence-corrected chi connectivity index (χ3v) is 2.89. The lowest BCUT2D eigenvalue weighted by atomic mass is 10.2. The predicted octanol–water partition coefficient (Wildman–Crippen LogP) is 2.36. The lowest BCUT2D eigenvalue weighted by Gasteiger charge is -2.16. The van der Waals surface area contributed by atoms with Crippen LogP contribution in [0.15, 0.2) is 12.1 Å². The number of carbonyl (C=O) groups excluding carboxylic acids is 1. The third-order valence-electron chi connectivity index (χ3n) is 2.37. The van der Waals surface area contributed by atoms with Crippen molar-refractivity contribution in [1.29, 1.82) is 5.26 Å². The number of likely N-dealkylation sites (N-methyl/N-ethyl adjacent to an activating group) is 1. The molecular weight excluding hydrogens is 287 g/mol. The first kappa shape index (κ1) is 15.6. The monoisotopic (exact) mass is 300 g/mol. The first-order valence-corrected chi connectivity index (χ1v) is 6.29. The highest BCUT2D eigenvalue weighted by Gasteiger charge is 2.12. The highest BCUT2D eigenvalue weighted by molar-refractivity contribution is 6.37. The topological polar surface area (TPSA) is 82.2 Å². The van der Waals surface area contributed by atoms with Crippen molar-refractivity contribution >= 4 is 40.5 Å². The second-order valence-electron chi connectivity index (χ2n) is 4.05. The minimum atomic E-state index is -0.253. The lowest BCUT2D eigenvalue weighted by Crippen LogP contribution is -2.31. The smallest absolute Gasteiger partial charge is 0.238 e. The van der Waals surface area contributed by atoms with Gasteiger partial charge in [-0.15, -0.1) is 0 Å². The van der Waals surface area contributed by atoms with Gasteiger partial charge in [-0.2, -0.15) is 5.26 Å². The van der Waals surface area contributed by atoms with Crippen LogP contribution in [-0.2, 0) is 4.79 Å².